The standard InChI is InChI=1S/C20H23BrN2O3/c1-5-26-18-9-6-15(10-14(18)3)20(25)23(4)12-19(24)22-17-8-7-16(21)11-13(17)2/h6-11H,5,12H2,1-4H3,(H,22,24). The van der Waals surface area contributed by atoms with Gasteiger partial charge in [-0.15, -0.1) is 0 Å². The second-order valence-electron chi connectivity index (χ2n) is 6.08. The van der Waals surface area contributed by atoms with Crippen LogP contribution in [-0.2, 0) is 4.79 Å². The molecular formula is C20H23BrN2O3. The molecule has 0 radical (unpaired) electrons. The third kappa shape index (κ3) is 5.08. The highest BCUT2D eigenvalue weighted by Gasteiger charge is 2.16. The van der Waals surface area contributed by atoms with E-state index in [0.717, 1.165) is 27.0 Å². The summed E-state index contributed by atoms with van der Waals surface area (Å²) < 4.78 is 6.44. The number of halogens is 1. The average Bonchev–Trinajstić information content (AvgIpc) is 2.58. The normalized spacial score (nSPS) is 10.3. The summed E-state index contributed by atoms with van der Waals surface area (Å²) in [7, 11) is 1.61. The Labute approximate surface area is 162 Å². The SMILES string of the molecule is CCOc1ccc(C(=O)N(C)CC(=O)Nc2ccc(Br)cc2C)cc1C. The van der Waals surface area contributed by atoms with E-state index in [0.29, 0.717) is 12.2 Å². The first-order valence-corrected chi connectivity index (χ1v) is 9.16. The summed E-state index contributed by atoms with van der Waals surface area (Å²) in [6.45, 7) is 6.27. The minimum absolute atomic E-state index is 0.0272. The van der Waals surface area contributed by atoms with Crippen molar-refractivity contribution in [1.29, 1.82) is 0 Å². The molecule has 0 spiro atoms. The summed E-state index contributed by atoms with van der Waals surface area (Å²) >= 11 is 3.39. The zero-order chi connectivity index (χ0) is 19.3. The van der Waals surface area contributed by atoms with Crippen molar-refractivity contribution in [3.8, 4) is 5.75 Å². The molecule has 0 atom stereocenters. The van der Waals surface area contributed by atoms with E-state index in [-0.39, 0.29) is 18.4 Å². The van der Waals surface area contributed by atoms with Crippen molar-refractivity contribution < 1.29 is 14.3 Å². The van der Waals surface area contributed by atoms with Gasteiger partial charge in [0.25, 0.3) is 5.91 Å². The lowest BCUT2D eigenvalue weighted by Gasteiger charge is -2.18. The molecular weight excluding hydrogens is 396 g/mol. The van der Waals surface area contributed by atoms with E-state index in [2.05, 4.69) is 21.2 Å². The summed E-state index contributed by atoms with van der Waals surface area (Å²) in [5.41, 5.74) is 3.10. The molecule has 0 aliphatic carbocycles. The van der Waals surface area contributed by atoms with Gasteiger partial charge in [0.2, 0.25) is 5.91 Å². The van der Waals surface area contributed by atoms with Crippen LogP contribution in [0.3, 0.4) is 0 Å². The van der Waals surface area contributed by atoms with Gasteiger partial charge in [0, 0.05) is 22.8 Å². The fourth-order valence-electron chi connectivity index (χ4n) is 2.56. The smallest absolute Gasteiger partial charge is 0.254 e. The van der Waals surface area contributed by atoms with E-state index in [9.17, 15) is 9.59 Å². The largest absolute Gasteiger partial charge is 0.494 e. The van der Waals surface area contributed by atoms with Crippen LogP contribution in [0.1, 0.15) is 28.4 Å². The van der Waals surface area contributed by atoms with Crippen molar-refractivity contribution in [2.75, 3.05) is 25.5 Å². The molecule has 0 saturated heterocycles. The van der Waals surface area contributed by atoms with Crippen LogP contribution < -0.4 is 10.1 Å². The summed E-state index contributed by atoms with van der Waals surface area (Å²) in [6.07, 6.45) is 0. The van der Waals surface area contributed by atoms with Crippen LogP contribution in [-0.4, -0.2) is 36.9 Å². The molecule has 0 heterocycles. The van der Waals surface area contributed by atoms with Crippen LogP contribution in [0, 0.1) is 13.8 Å². The Hall–Kier alpha value is -2.34. The maximum Gasteiger partial charge on any atom is 0.254 e. The van der Waals surface area contributed by atoms with Gasteiger partial charge in [0.05, 0.1) is 13.2 Å². The van der Waals surface area contributed by atoms with Crippen LogP contribution >= 0.6 is 15.9 Å². The van der Waals surface area contributed by atoms with Gasteiger partial charge in [-0.2, -0.15) is 0 Å². The van der Waals surface area contributed by atoms with Gasteiger partial charge in [-0.05, 0) is 68.3 Å². The number of nitrogens with zero attached hydrogens (tertiary/aromatic N) is 1. The average molecular weight is 419 g/mol. The van der Waals surface area contributed by atoms with Crippen molar-refractivity contribution in [3.63, 3.8) is 0 Å². The molecule has 138 valence electrons. The van der Waals surface area contributed by atoms with Crippen molar-refractivity contribution in [2.45, 2.75) is 20.8 Å². The fraction of sp³-hybridized carbons (Fsp3) is 0.300. The quantitative estimate of drug-likeness (QED) is 0.765. The first-order chi connectivity index (χ1) is 12.3. The first kappa shape index (κ1) is 20.0. The van der Waals surface area contributed by atoms with Gasteiger partial charge in [-0.3, -0.25) is 9.59 Å². The van der Waals surface area contributed by atoms with Crippen LogP contribution in [0.4, 0.5) is 5.69 Å². The molecule has 6 heteroatoms. The topological polar surface area (TPSA) is 58.6 Å². The summed E-state index contributed by atoms with van der Waals surface area (Å²) in [5.74, 6) is 0.308. The Morgan fingerprint density at radius 1 is 1.12 bits per heavy atom. The lowest BCUT2D eigenvalue weighted by atomic mass is 10.1. The molecule has 26 heavy (non-hydrogen) atoms. The number of benzene rings is 2. The van der Waals surface area contributed by atoms with Crippen LogP contribution in [0.5, 0.6) is 5.75 Å². The molecule has 0 aromatic heterocycles. The highest BCUT2D eigenvalue weighted by atomic mass is 79.9. The molecule has 2 amide bonds. The zero-order valence-corrected chi connectivity index (χ0v) is 17.0. The number of aryl methyl sites for hydroxylation is 2. The lowest BCUT2D eigenvalue weighted by Crippen LogP contribution is -2.35. The second-order valence-corrected chi connectivity index (χ2v) is 7.00. The van der Waals surface area contributed by atoms with Crippen molar-refractivity contribution in [1.82, 2.24) is 4.90 Å². The number of carbonyl (C=O) groups excluding carboxylic acids is 2. The Kier molecular flexibility index (Phi) is 6.80. The number of nitrogens with one attached hydrogen (secondary N) is 1. The lowest BCUT2D eigenvalue weighted by molar-refractivity contribution is -0.116. The third-order valence-electron chi connectivity index (χ3n) is 3.91. The molecule has 0 unspecified atom stereocenters. The molecule has 0 aliphatic rings. The van der Waals surface area contributed by atoms with Crippen LogP contribution in [0.25, 0.3) is 0 Å². The Bertz CT molecular complexity index is 821. The number of hydrogen-bond donors (Lipinski definition) is 1. The maximum absolute atomic E-state index is 12.6. The predicted molar refractivity (Wildman–Crippen MR) is 107 cm³/mol. The van der Waals surface area contributed by atoms with Gasteiger partial charge in [-0.1, -0.05) is 15.9 Å². The van der Waals surface area contributed by atoms with Crippen LogP contribution in [0.15, 0.2) is 40.9 Å². The Morgan fingerprint density at radius 2 is 1.85 bits per heavy atom. The van der Waals surface area contributed by atoms with E-state index in [1.54, 1.807) is 25.2 Å². The molecule has 2 aromatic carbocycles. The van der Waals surface area contributed by atoms with Gasteiger partial charge in [-0.25, -0.2) is 0 Å². The van der Waals surface area contributed by atoms with E-state index in [1.807, 2.05) is 39.0 Å². The number of rotatable bonds is 6. The molecule has 5 nitrogen and oxygen atoms in total. The number of anilines is 1. The van der Waals surface area contributed by atoms with Crippen LogP contribution in [0.2, 0.25) is 0 Å². The molecule has 0 aliphatic heterocycles. The molecule has 2 aromatic rings. The highest BCUT2D eigenvalue weighted by Crippen LogP contribution is 2.21. The van der Waals surface area contributed by atoms with Gasteiger partial charge < -0.3 is 15.0 Å². The van der Waals surface area contributed by atoms with E-state index >= 15 is 0 Å². The molecule has 2 rings (SSSR count). The minimum Gasteiger partial charge on any atom is -0.494 e. The Balaban J connectivity index is 2.02. The minimum atomic E-state index is -0.242. The number of carbonyl (C=O) groups is 2. The third-order valence-corrected chi connectivity index (χ3v) is 4.40. The number of amides is 2. The summed E-state index contributed by atoms with van der Waals surface area (Å²) in [4.78, 5) is 26.2. The zero-order valence-electron chi connectivity index (χ0n) is 15.4. The van der Waals surface area contributed by atoms with E-state index in [4.69, 9.17) is 4.74 Å². The van der Waals surface area contributed by atoms with Gasteiger partial charge in [0.1, 0.15) is 5.75 Å². The molecule has 0 bridgehead atoms. The summed E-state index contributed by atoms with van der Waals surface area (Å²) in [6, 6.07) is 10.9. The van der Waals surface area contributed by atoms with Crippen molar-refractivity contribution >= 4 is 33.4 Å². The number of ether oxygens (including phenoxy) is 1. The highest BCUT2D eigenvalue weighted by molar-refractivity contribution is 9.10. The van der Waals surface area contributed by atoms with Gasteiger partial charge in [0.15, 0.2) is 0 Å². The first-order valence-electron chi connectivity index (χ1n) is 8.36. The number of likely N-dealkylation sites (N-methyl/N-ethyl adjacent to an activating group) is 1. The maximum atomic E-state index is 12.6. The summed E-state index contributed by atoms with van der Waals surface area (Å²) in [5, 5.41) is 2.84. The molecule has 0 fully saturated rings. The number of hydrogen-bond acceptors (Lipinski definition) is 3. The van der Waals surface area contributed by atoms with Gasteiger partial charge >= 0.3 is 0 Å². The van der Waals surface area contributed by atoms with E-state index in [1.165, 1.54) is 4.90 Å². The second kappa shape index (κ2) is 8.85. The van der Waals surface area contributed by atoms with E-state index < -0.39 is 0 Å². The predicted octanol–water partition coefficient (Wildman–Crippen LogP) is 4.18. The Morgan fingerprint density at radius 3 is 2.46 bits per heavy atom. The van der Waals surface area contributed by atoms with Crippen molar-refractivity contribution in [2.24, 2.45) is 0 Å². The molecule has 0 saturated carbocycles. The molecule has 1 N–H and O–H groups in total. The monoisotopic (exact) mass is 418 g/mol. The fourth-order valence-corrected chi connectivity index (χ4v) is 3.04. The van der Waals surface area contributed by atoms with Crippen molar-refractivity contribution in [3.05, 3.63) is 57.6 Å².